The molecule has 1 aliphatic carbocycles. The molecule has 0 aliphatic heterocycles. The van der Waals surface area contributed by atoms with E-state index in [0.29, 0.717) is 0 Å². The summed E-state index contributed by atoms with van der Waals surface area (Å²) in [5.41, 5.74) is 0. The molecule has 0 spiro atoms. The monoisotopic (exact) mass is 213 g/mol. The van der Waals surface area contributed by atoms with Crippen LogP contribution in [-0.2, 0) is 4.74 Å². The van der Waals surface area contributed by atoms with Crippen molar-refractivity contribution in [2.24, 2.45) is 5.92 Å². The second kappa shape index (κ2) is 8.12. The Bertz CT molecular complexity index is 143. The normalized spacial score (nSPS) is 19.6. The van der Waals surface area contributed by atoms with E-state index in [2.05, 4.69) is 19.3 Å². The van der Waals surface area contributed by atoms with Crippen LogP contribution < -0.4 is 5.32 Å². The first-order chi connectivity index (χ1) is 7.38. The average molecular weight is 213 g/mol. The highest BCUT2D eigenvalue weighted by atomic mass is 16.5. The Morgan fingerprint density at radius 2 is 2.00 bits per heavy atom. The van der Waals surface area contributed by atoms with Crippen molar-refractivity contribution < 1.29 is 4.74 Å². The molecule has 0 bridgehead atoms. The zero-order valence-corrected chi connectivity index (χ0v) is 10.4. The molecule has 0 aromatic heterocycles. The molecule has 1 unspecified atom stereocenters. The maximum absolute atomic E-state index is 5.51. The van der Waals surface area contributed by atoms with Gasteiger partial charge in [0.25, 0.3) is 0 Å². The van der Waals surface area contributed by atoms with Crippen molar-refractivity contribution in [1.82, 2.24) is 5.32 Å². The van der Waals surface area contributed by atoms with Crippen LogP contribution in [0.5, 0.6) is 0 Å². The van der Waals surface area contributed by atoms with Crippen LogP contribution in [0.4, 0.5) is 0 Å². The Morgan fingerprint density at radius 3 is 2.60 bits per heavy atom. The van der Waals surface area contributed by atoms with Gasteiger partial charge < -0.3 is 10.1 Å². The van der Waals surface area contributed by atoms with E-state index < -0.39 is 0 Å². The van der Waals surface area contributed by atoms with Crippen LogP contribution >= 0.6 is 0 Å². The van der Waals surface area contributed by atoms with Gasteiger partial charge in [-0.15, -0.1) is 0 Å². The predicted molar refractivity (Wildman–Crippen MR) is 65.1 cm³/mol. The minimum atomic E-state index is 0.734. The molecule has 2 heteroatoms. The van der Waals surface area contributed by atoms with Crippen LogP contribution in [0.25, 0.3) is 0 Å². The zero-order valence-electron chi connectivity index (χ0n) is 10.4. The fourth-order valence-corrected chi connectivity index (χ4v) is 2.63. The number of hydrogen-bond acceptors (Lipinski definition) is 2. The molecule has 0 heterocycles. The molecule has 15 heavy (non-hydrogen) atoms. The highest BCUT2D eigenvalue weighted by Crippen LogP contribution is 2.29. The Balaban J connectivity index is 2.05. The smallest absolute Gasteiger partial charge is 0.0466 e. The second-order valence-electron chi connectivity index (χ2n) is 4.69. The average Bonchev–Trinajstić information content (AvgIpc) is 2.77. The highest BCUT2D eigenvalue weighted by molar-refractivity contribution is 4.79. The molecule has 0 amide bonds. The van der Waals surface area contributed by atoms with E-state index in [1.54, 1.807) is 0 Å². The summed E-state index contributed by atoms with van der Waals surface area (Å²) in [6.07, 6.45) is 9.37. The van der Waals surface area contributed by atoms with Gasteiger partial charge in [0.05, 0.1) is 0 Å². The minimum absolute atomic E-state index is 0.734. The summed E-state index contributed by atoms with van der Waals surface area (Å²) >= 11 is 0. The Hall–Kier alpha value is -0.0800. The fourth-order valence-electron chi connectivity index (χ4n) is 2.63. The van der Waals surface area contributed by atoms with E-state index in [1.165, 1.54) is 38.5 Å². The van der Waals surface area contributed by atoms with Crippen molar-refractivity contribution in [2.75, 3.05) is 20.3 Å². The zero-order chi connectivity index (χ0) is 10.9. The quantitative estimate of drug-likeness (QED) is 0.626. The third kappa shape index (κ3) is 4.98. The van der Waals surface area contributed by atoms with Gasteiger partial charge in [-0.25, -0.2) is 0 Å². The summed E-state index contributed by atoms with van der Waals surface area (Å²) in [5, 5.41) is 3.48. The molecular formula is C13H27NO. The van der Waals surface area contributed by atoms with Crippen LogP contribution in [-0.4, -0.2) is 26.3 Å². The number of hydrogen-bond donors (Lipinski definition) is 1. The SMILES string of the molecule is CCCOCCCC(NC)C1CCCC1. The summed E-state index contributed by atoms with van der Waals surface area (Å²) in [6, 6.07) is 0.734. The van der Waals surface area contributed by atoms with E-state index in [9.17, 15) is 0 Å². The van der Waals surface area contributed by atoms with Gasteiger partial charge in [0.15, 0.2) is 0 Å². The first-order valence-corrected chi connectivity index (χ1v) is 6.63. The molecule has 1 aliphatic rings. The molecule has 1 saturated carbocycles. The fraction of sp³-hybridized carbons (Fsp3) is 1.00. The Kier molecular flexibility index (Phi) is 7.03. The van der Waals surface area contributed by atoms with Crippen LogP contribution in [0.3, 0.4) is 0 Å². The standard InChI is InChI=1S/C13H27NO/c1-3-10-15-11-6-9-13(14-2)12-7-4-5-8-12/h12-14H,3-11H2,1-2H3. The molecular weight excluding hydrogens is 186 g/mol. The van der Waals surface area contributed by atoms with Gasteiger partial charge in [-0.3, -0.25) is 0 Å². The topological polar surface area (TPSA) is 21.3 Å². The Morgan fingerprint density at radius 1 is 1.27 bits per heavy atom. The first-order valence-electron chi connectivity index (χ1n) is 6.63. The minimum Gasteiger partial charge on any atom is -0.381 e. The lowest BCUT2D eigenvalue weighted by Gasteiger charge is -2.22. The van der Waals surface area contributed by atoms with Gasteiger partial charge in [-0.1, -0.05) is 19.8 Å². The van der Waals surface area contributed by atoms with Gasteiger partial charge in [0, 0.05) is 19.3 Å². The van der Waals surface area contributed by atoms with Crippen molar-refractivity contribution in [1.29, 1.82) is 0 Å². The van der Waals surface area contributed by atoms with Gasteiger partial charge in [0.2, 0.25) is 0 Å². The summed E-state index contributed by atoms with van der Waals surface area (Å²) in [7, 11) is 2.11. The van der Waals surface area contributed by atoms with Crippen molar-refractivity contribution in [3.05, 3.63) is 0 Å². The van der Waals surface area contributed by atoms with Crippen LogP contribution in [0.1, 0.15) is 51.9 Å². The third-order valence-corrected chi connectivity index (χ3v) is 3.49. The van der Waals surface area contributed by atoms with Crippen molar-refractivity contribution in [3.63, 3.8) is 0 Å². The molecule has 1 atom stereocenters. The maximum atomic E-state index is 5.51. The maximum Gasteiger partial charge on any atom is 0.0466 e. The molecule has 1 N–H and O–H groups in total. The highest BCUT2D eigenvalue weighted by Gasteiger charge is 2.22. The van der Waals surface area contributed by atoms with E-state index in [1.807, 2.05) is 0 Å². The summed E-state index contributed by atoms with van der Waals surface area (Å²) < 4.78 is 5.51. The van der Waals surface area contributed by atoms with Crippen molar-refractivity contribution in [3.8, 4) is 0 Å². The Labute approximate surface area is 94.8 Å². The first kappa shape index (κ1) is 13.0. The summed E-state index contributed by atoms with van der Waals surface area (Å²) in [6.45, 7) is 4.03. The van der Waals surface area contributed by atoms with E-state index in [-0.39, 0.29) is 0 Å². The molecule has 0 radical (unpaired) electrons. The van der Waals surface area contributed by atoms with E-state index >= 15 is 0 Å². The van der Waals surface area contributed by atoms with Crippen molar-refractivity contribution >= 4 is 0 Å². The van der Waals surface area contributed by atoms with Gasteiger partial charge in [-0.05, 0) is 45.1 Å². The predicted octanol–water partition coefficient (Wildman–Crippen LogP) is 2.97. The lowest BCUT2D eigenvalue weighted by Crippen LogP contribution is -2.32. The molecule has 2 nitrogen and oxygen atoms in total. The van der Waals surface area contributed by atoms with E-state index in [4.69, 9.17) is 4.74 Å². The third-order valence-electron chi connectivity index (χ3n) is 3.49. The summed E-state index contributed by atoms with van der Waals surface area (Å²) in [5.74, 6) is 0.932. The van der Waals surface area contributed by atoms with Crippen LogP contribution in [0, 0.1) is 5.92 Å². The van der Waals surface area contributed by atoms with Crippen LogP contribution in [0.2, 0.25) is 0 Å². The number of nitrogens with one attached hydrogen (secondary N) is 1. The van der Waals surface area contributed by atoms with Gasteiger partial charge >= 0.3 is 0 Å². The molecule has 0 saturated heterocycles. The lowest BCUT2D eigenvalue weighted by atomic mass is 9.94. The number of ether oxygens (including phenoxy) is 1. The molecule has 0 aromatic carbocycles. The van der Waals surface area contributed by atoms with E-state index in [0.717, 1.165) is 31.6 Å². The summed E-state index contributed by atoms with van der Waals surface area (Å²) in [4.78, 5) is 0. The molecule has 1 fully saturated rings. The van der Waals surface area contributed by atoms with Gasteiger partial charge in [-0.2, -0.15) is 0 Å². The van der Waals surface area contributed by atoms with Crippen LogP contribution in [0.15, 0.2) is 0 Å². The van der Waals surface area contributed by atoms with Gasteiger partial charge in [0.1, 0.15) is 0 Å². The molecule has 0 aromatic rings. The van der Waals surface area contributed by atoms with Crippen molar-refractivity contribution in [2.45, 2.75) is 57.9 Å². The lowest BCUT2D eigenvalue weighted by molar-refractivity contribution is 0.126. The largest absolute Gasteiger partial charge is 0.381 e. The molecule has 1 rings (SSSR count). The second-order valence-corrected chi connectivity index (χ2v) is 4.69. The number of rotatable bonds is 8. The molecule has 90 valence electrons.